The lowest BCUT2D eigenvalue weighted by Gasteiger charge is -2.35. The van der Waals surface area contributed by atoms with Crippen molar-refractivity contribution in [2.24, 2.45) is 0 Å². The number of nitrogens with zero attached hydrogens (tertiary/aromatic N) is 4. The Bertz CT molecular complexity index is 910. The van der Waals surface area contributed by atoms with Gasteiger partial charge in [-0.3, -0.25) is 9.59 Å². The highest BCUT2D eigenvalue weighted by Crippen LogP contribution is 2.29. The van der Waals surface area contributed by atoms with Gasteiger partial charge in [0.25, 0.3) is 5.91 Å². The summed E-state index contributed by atoms with van der Waals surface area (Å²) in [6.45, 7) is 5.88. The monoisotopic (exact) mass is 399 g/mol. The van der Waals surface area contributed by atoms with Gasteiger partial charge in [-0.2, -0.15) is 0 Å². The van der Waals surface area contributed by atoms with E-state index in [1.807, 2.05) is 0 Å². The zero-order valence-electron chi connectivity index (χ0n) is 17.1. The van der Waals surface area contributed by atoms with E-state index in [2.05, 4.69) is 20.2 Å². The van der Waals surface area contributed by atoms with Crippen LogP contribution in [0.1, 0.15) is 23.2 Å². The van der Waals surface area contributed by atoms with Gasteiger partial charge in [0.05, 0.1) is 19.9 Å². The second-order valence-electron chi connectivity index (χ2n) is 6.67. The van der Waals surface area contributed by atoms with Crippen LogP contribution in [-0.2, 0) is 4.79 Å². The molecule has 9 heteroatoms. The predicted octanol–water partition coefficient (Wildman–Crippen LogP) is 1.72. The molecule has 2 aromatic rings. The topological polar surface area (TPSA) is 96.9 Å². The fourth-order valence-corrected chi connectivity index (χ4v) is 3.18. The third kappa shape index (κ3) is 4.74. The molecule has 1 fully saturated rings. The van der Waals surface area contributed by atoms with Gasteiger partial charge in [-0.15, -0.1) is 0 Å². The van der Waals surface area contributed by atoms with Crippen LogP contribution in [-0.4, -0.2) is 67.1 Å². The number of methoxy groups -OCH3 is 2. The number of piperazine rings is 1. The lowest BCUT2D eigenvalue weighted by atomic mass is 10.2. The van der Waals surface area contributed by atoms with Gasteiger partial charge in [-0.25, -0.2) is 9.97 Å². The average molecular weight is 399 g/mol. The first-order valence-electron chi connectivity index (χ1n) is 9.30. The van der Waals surface area contributed by atoms with E-state index in [1.165, 1.54) is 7.11 Å². The number of aryl methyl sites for hydroxylation is 1. The molecule has 0 saturated carbocycles. The third-order valence-electron chi connectivity index (χ3n) is 4.76. The molecule has 1 aliphatic heterocycles. The molecular weight excluding hydrogens is 374 g/mol. The molecule has 0 atom stereocenters. The molecule has 1 aromatic heterocycles. The molecule has 9 nitrogen and oxygen atoms in total. The highest BCUT2D eigenvalue weighted by Gasteiger charge is 2.21. The number of carbonyl (C=O) groups excluding carboxylic acids is 2. The maximum absolute atomic E-state index is 12.8. The molecule has 1 aromatic carbocycles. The number of hydrogen-bond acceptors (Lipinski definition) is 7. The van der Waals surface area contributed by atoms with Crippen molar-refractivity contribution < 1.29 is 19.1 Å². The van der Waals surface area contributed by atoms with Gasteiger partial charge in [0.15, 0.2) is 0 Å². The molecule has 1 N–H and O–H groups in total. The Morgan fingerprint density at radius 3 is 2.38 bits per heavy atom. The number of anilines is 2. The summed E-state index contributed by atoms with van der Waals surface area (Å²) in [7, 11) is 3.09. The first-order valence-corrected chi connectivity index (χ1v) is 9.30. The summed E-state index contributed by atoms with van der Waals surface area (Å²) in [5, 5.41) is 2.83. The number of benzene rings is 1. The summed E-state index contributed by atoms with van der Waals surface area (Å²) in [4.78, 5) is 37.0. The fraction of sp³-hybridized carbons (Fsp3) is 0.400. The van der Waals surface area contributed by atoms with E-state index in [9.17, 15) is 9.59 Å². The van der Waals surface area contributed by atoms with E-state index < -0.39 is 0 Å². The molecule has 3 rings (SSSR count). The SMILES string of the molecule is COc1ccc(OC)c(NC(=O)c2cc(N3CCN(C(C)=O)CC3)nc(C)n2)c1. The minimum atomic E-state index is -0.370. The molecule has 0 aliphatic carbocycles. The Morgan fingerprint density at radius 2 is 1.76 bits per heavy atom. The van der Waals surface area contributed by atoms with Gasteiger partial charge in [0.2, 0.25) is 5.91 Å². The van der Waals surface area contributed by atoms with E-state index in [4.69, 9.17) is 9.47 Å². The zero-order chi connectivity index (χ0) is 21.0. The number of ether oxygens (including phenoxy) is 2. The molecule has 2 amide bonds. The lowest BCUT2D eigenvalue weighted by molar-refractivity contribution is -0.129. The quantitative estimate of drug-likeness (QED) is 0.818. The molecule has 1 saturated heterocycles. The number of amides is 2. The van der Waals surface area contributed by atoms with Gasteiger partial charge in [-0.05, 0) is 19.1 Å². The first-order chi connectivity index (χ1) is 13.9. The largest absolute Gasteiger partial charge is 0.497 e. The van der Waals surface area contributed by atoms with Crippen LogP contribution in [0.5, 0.6) is 11.5 Å². The summed E-state index contributed by atoms with van der Waals surface area (Å²) < 4.78 is 10.5. The summed E-state index contributed by atoms with van der Waals surface area (Å²) >= 11 is 0. The van der Waals surface area contributed by atoms with Gasteiger partial charge in [0.1, 0.15) is 28.8 Å². The summed E-state index contributed by atoms with van der Waals surface area (Å²) in [6, 6.07) is 6.83. The maximum atomic E-state index is 12.8. The van der Waals surface area contributed by atoms with Crippen molar-refractivity contribution in [2.45, 2.75) is 13.8 Å². The summed E-state index contributed by atoms with van der Waals surface area (Å²) in [6.07, 6.45) is 0. The van der Waals surface area contributed by atoms with Crippen molar-refractivity contribution >= 4 is 23.3 Å². The maximum Gasteiger partial charge on any atom is 0.274 e. The van der Waals surface area contributed by atoms with Crippen LogP contribution in [0, 0.1) is 6.92 Å². The van der Waals surface area contributed by atoms with Gasteiger partial charge in [0, 0.05) is 45.2 Å². The summed E-state index contributed by atoms with van der Waals surface area (Å²) in [5.41, 5.74) is 0.746. The zero-order valence-corrected chi connectivity index (χ0v) is 17.1. The van der Waals surface area contributed by atoms with E-state index in [0.29, 0.717) is 55.0 Å². The van der Waals surface area contributed by atoms with Crippen LogP contribution in [0.3, 0.4) is 0 Å². The minimum Gasteiger partial charge on any atom is -0.497 e. The van der Waals surface area contributed by atoms with E-state index in [-0.39, 0.29) is 17.5 Å². The fourth-order valence-electron chi connectivity index (χ4n) is 3.18. The van der Waals surface area contributed by atoms with E-state index in [1.54, 1.807) is 50.1 Å². The Balaban J connectivity index is 1.79. The highest BCUT2D eigenvalue weighted by molar-refractivity contribution is 6.04. The number of nitrogens with one attached hydrogen (secondary N) is 1. The van der Waals surface area contributed by atoms with Gasteiger partial charge in [-0.1, -0.05) is 0 Å². The second-order valence-corrected chi connectivity index (χ2v) is 6.67. The molecule has 2 heterocycles. The van der Waals surface area contributed by atoms with Crippen LogP contribution < -0.4 is 19.7 Å². The van der Waals surface area contributed by atoms with Crippen LogP contribution in [0.4, 0.5) is 11.5 Å². The van der Waals surface area contributed by atoms with E-state index in [0.717, 1.165) is 0 Å². The van der Waals surface area contributed by atoms with Crippen molar-refractivity contribution in [3.63, 3.8) is 0 Å². The molecule has 0 spiro atoms. The highest BCUT2D eigenvalue weighted by atomic mass is 16.5. The van der Waals surface area contributed by atoms with E-state index >= 15 is 0 Å². The predicted molar refractivity (Wildman–Crippen MR) is 109 cm³/mol. The molecular formula is C20H25N5O4. The number of carbonyl (C=O) groups is 2. The number of aromatic nitrogens is 2. The first kappa shape index (κ1) is 20.4. The normalized spacial score (nSPS) is 13.8. The van der Waals surface area contributed by atoms with Gasteiger partial charge >= 0.3 is 0 Å². The average Bonchev–Trinajstić information content (AvgIpc) is 2.73. The molecule has 1 aliphatic rings. The Labute approximate surface area is 169 Å². The molecule has 0 bridgehead atoms. The Hall–Kier alpha value is -3.36. The van der Waals surface area contributed by atoms with Crippen molar-refractivity contribution in [2.75, 3.05) is 50.6 Å². The van der Waals surface area contributed by atoms with Crippen molar-refractivity contribution in [3.05, 3.63) is 35.8 Å². The van der Waals surface area contributed by atoms with Crippen LogP contribution in [0.2, 0.25) is 0 Å². The Morgan fingerprint density at radius 1 is 1.03 bits per heavy atom. The van der Waals surface area contributed by atoms with Crippen molar-refractivity contribution in [1.29, 1.82) is 0 Å². The molecule has 0 radical (unpaired) electrons. The lowest BCUT2D eigenvalue weighted by Crippen LogP contribution is -2.48. The van der Waals surface area contributed by atoms with Crippen molar-refractivity contribution in [3.8, 4) is 11.5 Å². The second kappa shape index (κ2) is 8.76. The molecule has 154 valence electrons. The number of rotatable bonds is 5. The minimum absolute atomic E-state index is 0.0656. The Kier molecular flexibility index (Phi) is 6.16. The summed E-state index contributed by atoms with van der Waals surface area (Å²) in [5.74, 6) is 1.98. The van der Waals surface area contributed by atoms with Crippen LogP contribution in [0.25, 0.3) is 0 Å². The smallest absolute Gasteiger partial charge is 0.274 e. The van der Waals surface area contributed by atoms with Crippen LogP contribution in [0.15, 0.2) is 24.3 Å². The standard InChI is InChI=1S/C20H25N5O4/c1-13-21-17(12-19(22-13)25-9-7-24(8-10-25)14(2)26)20(27)23-16-11-15(28-3)5-6-18(16)29-4/h5-6,11-12H,7-10H2,1-4H3,(H,23,27). The number of hydrogen-bond donors (Lipinski definition) is 1. The van der Waals surface area contributed by atoms with Crippen molar-refractivity contribution in [1.82, 2.24) is 14.9 Å². The molecule has 29 heavy (non-hydrogen) atoms. The van der Waals surface area contributed by atoms with Gasteiger partial charge < -0.3 is 24.6 Å². The third-order valence-corrected chi connectivity index (χ3v) is 4.76. The molecule has 0 unspecified atom stereocenters. The van der Waals surface area contributed by atoms with Crippen LogP contribution >= 0.6 is 0 Å².